The summed E-state index contributed by atoms with van der Waals surface area (Å²) in [6.45, 7) is 4.18. The Morgan fingerprint density at radius 2 is 2.05 bits per heavy atom. The van der Waals surface area contributed by atoms with Gasteiger partial charge in [0, 0.05) is 10.9 Å². The Morgan fingerprint density at radius 3 is 2.65 bits per heavy atom. The van der Waals surface area contributed by atoms with Crippen LogP contribution in [0.3, 0.4) is 0 Å². The van der Waals surface area contributed by atoms with Gasteiger partial charge in [-0.05, 0) is 36.9 Å². The third-order valence-corrected chi connectivity index (χ3v) is 3.73. The van der Waals surface area contributed by atoms with Gasteiger partial charge in [-0.1, -0.05) is 13.0 Å². The largest absolute Gasteiger partial charge is 0.366 e. The first-order chi connectivity index (χ1) is 9.67. The summed E-state index contributed by atoms with van der Waals surface area (Å²) >= 11 is 1.57. The minimum Gasteiger partial charge on any atom is -0.366 e. The predicted octanol–water partition coefficient (Wildman–Crippen LogP) is 2.93. The summed E-state index contributed by atoms with van der Waals surface area (Å²) in [6, 6.07) is 7.80. The molecule has 0 aliphatic rings. The average Bonchev–Trinajstić information content (AvgIpc) is 2.93. The molecule has 1 atom stereocenters. The van der Waals surface area contributed by atoms with Crippen LogP contribution >= 0.6 is 11.3 Å². The molecule has 0 aliphatic carbocycles. The quantitative estimate of drug-likeness (QED) is 0.858. The zero-order valence-electron chi connectivity index (χ0n) is 11.6. The number of aromatic nitrogens is 2. The van der Waals surface area contributed by atoms with Crippen molar-refractivity contribution in [3.63, 3.8) is 0 Å². The molecule has 0 fully saturated rings. The van der Waals surface area contributed by atoms with E-state index in [1.165, 1.54) is 0 Å². The van der Waals surface area contributed by atoms with E-state index in [0.717, 1.165) is 17.1 Å². The molecule has 2 rings (SSSR count). The summed E-state index contributed by atoms with van der Waals surface area (Å²) in [7, 11) is 0. The maximum absolute atomic E-state index is 11.8. The highest BCUT2D eigenvalue weighted by Gasteiger charge is 2.07. The summed E-state index contributed by atoms with van der Waals surface area (Å²) in [5.41, 5.74) is 0. The van der Waals surface area contributed by atoms with Crippen LogP contribution < -0.4 is 10.6 Å². The topological polar surface area (TPSA) is 66.9 Å². The van der Waals surface area contributed by atoms with Crippen molar-refractivity contribution in [2.24, 2.45) is 0 Å². The van der Waals surface area contributed by atoms with Crippen molar-refractivity contribution in [3.05, 3.63) is 34.5 Å². The molecule has 1 unspecified atom stereocenters. The summed E-state index contributed by atoms with van der Waals surface area (Å²) < 4.78 is 0. The van der Waals surface area contributed by atoms with Gasteiger partial charge in [-0.25, -0.2) is 0 Å². The molecule has 0 aliphatic heterocycles. The summed E-state index contributed by atoms with van der Waals surface area (Å²) in [5.74, 6) is 1.11. The minimum atomic E-state index is -0.0793. The molecule has 0 aromatic carbocycles. The standard InChI is InChI=1S/C14H18N4OS/c1-3-10(2)15-12-6-7-13(18-17-12)16-14(19)9-11-5-4-8-20-11/h4-8,10H,3,9H2,1-2H3,(H,15,17)(H,16,18,19). The van der Waals surface area contributed by atoms with E-state index in [1.54, 1.807) is 17.4 Å². The molecule has 0 saturated heterocycles. The van der Waals surface area contributed by atoms with E-state index < -0.39 is 0 Å². The van der Waals surface area contributed by atoms with Crippen LogP contribution in [0.1, 0.15) is 25.1 Å². The molecule has 2 aromatic heterocycles. The number of thiophene rings is 1. The van der Waals surface area contributed by atoms with Crippen molar-refractivity contribution in [1.82, 2.24) is 10.2 Å². The molecular formula is C14H18N4OS. The van der Waals surface area contributed by atoms with Gasteiger partial charge in [0.1, 0.15) is 5.82 Å². The number of rotatable bonds is 6. The van der Waals surface area contributed by atoms with Gasteiger partial charge < -0.3 is 10.6 Å². The predicted molar refractivity (Wildman–Crippen MR) is 82.1 cm³/mol. The van der Waals surface area contributed by atoms with Crippen molar-refractivity contribution in [2.75, 3.05) is 10.6 Å². The Hall–Kier alpha value is -1.95. The number of hydrogen-bond donors (Lipinski definition) is 2. The molecule has 106 valence electrons. The molecule has 2 N–H and O–H groups in total. The van der Waals surface area contributed by atoms with Crippen LogP contribution in [-0.2, 0) is 11.2 Å². The maximum atomic E-state index is 11.8. The van der Waals surface area contributed by atoms with Gasteiger partial charge in [-0.2, -0.15) is 0 Å². The van der Waals surface area contributed by atoms with Gasteiger partial charge in [0.25, 0.3) is 0 Å². The lowest BCUT2D eigenvalue weighted by atomic mass is 10.2. The second kappa shape index (κ2) is 7.00. The van der Waals surface area contributed by atoms with Gasteiger partial charge >= 0.3 is 0 Å². The Balaban J connectivity index is 1.88. The number of carbonyl (C=O) groups excluding carboxylic acids is 1. The lowest BCUT2D eigenvalue weighted by Gasteiger charge is -2.11. The monoisotopic (exact) mass is 290 g/mol. The molecule has 1 amide bonds. The molecule has 6 heteroatoms. The Morgan fingerprint density at radius 1 is 1.30 bits per heavy atom. The van der Waals surface area contributed by atoms with Gasteiger partial charge in [0.2, 0.25) is 5.91 Å². The summed E-state index contributed by atoms with van der Waals surface area (Å²) in [6.07, 6.45) is 1.38. The van der Waals surface area contributed by atoms with E-state index >= 15 is 0 Å². The highest BCUT2D eigenvalue weighted by atomic mass is 32.1. The molecular weight excluding hydrogens is 272 g/mol. The first-order valence-corrected chi connectivity index (χ1v) is 7.48. The number of amides is 1. The van der Waals surface area contributed by atoms with E-state index in [2.05, 4.69) is 34.7 Å². The maximum Gasteiger partial charge on any atom is 0.230 e. The third-order valence-electron chi connectivity index (χ3n) is 2.85. The normalized spacial score (nSPS) is 11.9. The Labute approximate surface area is 122 Å². The van der Waals surface area contributed by atoms with Crippen molar-refractivity contribution < 1.29 is 4.79 Å². The number of hydrogen-bond acceptors (Lipinski definition) is 5. The van der Waals surface area contributed by atoms with Crippen LogP contribution in [0.5, 0.6) is 0 Å². The van der Waals surface area contributed by atoms with E-state index in [0.29, 0.717) is 18.3 Å². The SMILES string of the molecule is CCC(C)Nc1ccc(NC(=O)Cc2cccs2)nn1. The minimum absolute atomic E-state index is 0.0793. The summed E-state index contributed by atoms with van der Waals surface area (Å²) in [5, 5.41) is 16.0. The zero-order valence-corrected chi connectivity index (χ0v) is 12.4. The van der Waals surface area contributed by atoms with E-state index in [9.17, 15) is 4.79 Å². The van der Waals surface area contributed by atoms with Gasteiger partial charge in [-0.3, -0.25) is 4.79 Å². The molecule has 2 heterocycles. The smallest absolute Gasteiger partial charge is 0.230 e. The number of anilines is 2. The highest BCUT2D eigenvalue weighted by molar-refractivity contribution is 7.10. The number of carbonyl (C=O) groups is 1. The van der Waals surface area contributed by atoms with E-state index in [1.807, 2.05) is 23.6 Å². The number of nitrogens with zero attached hydrogens (tertiary/aromatic N) is 2. The fraction of sp³-hybridized carbons (Fsp3) is 0.357. The molecule has 0 radical (unpaired) electrons. The average molecular weight is 290 g/mol. The second-order valence-electron chi connectivity index (χ2n) is 4.56. The zero-order chi connectivity index (χ0) is 14.4. The van der Waals surface area contributed by atoms with Crippen LogP contribution in [0.4, 0.5) is 11.6 Å². The highest BCUT2D eigenvalue weighted by Crippen LogP contribution is 2.11. The Bertz CT molecular complexity index is 539. The van der Waals surface area contributed by atoms with Crippen LogP contribution in [0, 0.1) is 0 Å². The van der Waals surface area contributed by atoms with Gasteiger partial charge in [0.15, 0.2) is 5.82 Å². The molecule has 5 nitrogen and oxygen atoms in total. The van der Waals surface area contributed by atoms with Crippen molar-refractivity contribution >= 4 is 28.9 Å². The first-order valence-electron chi connectivity index (χ1n) is 6.60. The van der Waals surface area contributed by atoms with Crippen LogP contribution in [-0.4, -0.2) is 22.1 Å². The second-order valence-corrected chi connectivity index (χ2v) is 5.59. The van der Waals surface area contributed by atoms with E-state index in [-0.39, 0.29) is 5.91 Å². The molecule has 0 spiro atoms. The molecule has 2 aromatic rings. The lowest BCUT2D eigenvalue weighted by Crippen LogP contribution is -2.17. The van der Waals surface area contributed by atoms with Crippen LogP contribution in [0.25, 0.3) is 0 Å². The first kappa shape index (κ1) is 14.5. The molecule has 20 heavy (non-hydrogen) atoms. The third kappa shape index (κ3) is 4.31. The fourth-order valence-corrected chi connectivity index (χ4v) is 2.29. The molecule has 0 saturated carbocycles. The van der Waals surface area contributed by atoms with E-state index in [4.69, 9.17) is 0 Å². The fourth-order valence-electron chi connectivity index (χ4n) is 1.59. The number of nitrogens with one attached hydrogen (secondary N) is 2. The Kier molecular flexibility index (Phi) is 5.06. The van der Waals surface area contributed by atoms with Crippen LogP contribution in [0.15, 0.2) is 29.6 Å². The summed E-state index contributed by atoms with van der Waals surface area (Å²) in [4.78, 5) is 12.8. The van der Waals surface area contributed by atoms with Gasteiger partial charge in [0.05, 0.1) is 6.42 Å². The van der Waals surface area contributed by atoms with Crippen molar-refractivity contribution in [1.29, 1.82) is 0 Å². The van der Waals surface area contributed by atoms with Gasteiger partial charge in [-0.15, -0.1) is 21.5 Å². The van der Waals surface area contributed by atoms with Crippen molar-refractivity contribution in [3.8, 4) is 0 Å². The lowest BCUT2D eigenvalue weighted by molar-refractivity contribution is -0.115. The molecule has 0 bridgehead atoms. The van der Waals surface area contributed by atoms with Crippen LogP contribution in [0.2, 0.25) is 0 Å². The van der Waals surface area contributed by atoms with Crippen molar-refractivity contribution in [2.45, 2.75) is 32.7 Å².